The number of hydrogen-bond acceptors (Lipinski definition) is 3. The lowest BCUT2D eigenvalue weighted by Gasteiger charge is -2.07. The minimum absolute atomic E-state index is 0.0290. The van der Waals surface area contributed by atoms with Gasteiger partial charge in [-0.1, -0.05) is 6.92 Å². The lowest BCUT2D eigenvalue weighted by molar-refractivity contribution is -0.141. The van der Waals surface area contributed by atoms with Crippen molar-refractivity contribution >= 4 is 11.9 Å². The molecule has 2 N–H and O–H groups in total. The van der Waals surface area contributed by atoms with Gasteiger partial charge in [0.25, 0.3) is 6.43 Å². The molecule has 0 radical (unpaired) electrons. The standard InChI is InChI=1S/C11H19F2NO4/c1-8(11(16)17)3-2-5-14-10(15)4-6-18-7-9(12)13/h8-9H,2-7H2,1H3,(H,14,15)(H,16,17). The summed E-state index contributed by atoms with van der Waals surface area (Å²) < 4.78 is 27.9. The monoisotopic (exact) mass is 267 g/mol. The maximum absolute atomic E-state index is 11.7. The number of carbonyl (C=O) groups is 2. The van der Waals surface area contributed by atoms with Crippen molar-refractivity contribution in [1.82, 2.24) is 5.32 Å². The lowest BCUT2D eigenvalue weighted by atomic mass is 10.1. The van der Waals surface area contributed by atoms with Crippen molar-refractivity contribution < 1.29 is 28.2 Å². The molecule has 0 rings (SSSR count). The highest BCUT2D eigenvalue weighted by atomic mass is 19.3. The highest BCUT2D eigenvalue weighted by molar-refractivity contribution is 5.75. The van der Waals surface area contributed by atoms with Crippen molar-refractivity contribution in [3.63, 3.8) is 0 Å². The molecule has 0 aromatic carbocycles. The predicted molar refractivity (Wildman–Crippen MR) is 60.5 cm³/mol. The van der Waals surface area contributed by atoms with Crippen LogP contribution in [0.5, 0.6) is 0 Å². The summed E-state index contributed by atoms with van der Waals surface area (Å²) in [4.78, 5) is 21.7. The Balaban J connectivity index is 3.40. The number of alkyl halides is 2. The van der Waals surface area contributed by atoms with Crippen LogP contribution in [0.1, 0.15) is 26.2 Å². The Morgan fingerprint density at radius 2 is 2.06 bits per heavy atom. The lowest BCUT2D eigenvalue weighted by Crippen LogP contribution is -2.26. The van der Waals surface area contributed by atoms with Gasteiger partial charge in [0, 0.05) is 13.0 Å². The Morgan fingerprint density at radius 3 is 2.61 bits per heavy atom. The molecule has 0 bridgehead atoms. The van der Waals surface area contributed by atoms with Crippen LogP contribution in [0.25, 0.3) is 0 Å². The minimum atomic E-state index is -2.52. The van der Waals surface area contributed by atoms with E-state index in [4.69, 9.17) is 5.11 Å². The maximum atomic E-state index is 11.7. The van der Waals surface area contributed by atoms with Gasteiger partial charge in [0.15, 0.2) is 0 Å². The molecule has 0 saturated heterocycles. The van der Waals surface area contributed by atoms with Crippen LogP contribution in [-0.4, -0.2) is 43.2 Å². The number of rotatable bonds is 10. The van der Waals surface area contributed by atoms with Crippen LogP contribution in [0, 0.1) is 5.92 Å². The van der Waals surface area contributed by atoms with Crippen molar-refractivity contribution in [2.24, 2.45) is 5.92 Å². The molecule has 0 heterocycles. The zero-order valence-electron chi connectivity index (χ0n) is 10.3. The average Bonchev–Trinajstić information content (AvgIpc) is 2.29. The first kappa shape index (κ1) is 16.8. The van der Waals surface area contributed by atoms with Crippen LogP contribution in [-0.2, 0) is 14.3 Å². The van der Waals surface area contributed by atoms with Gasteiger partial charge in [0.1, 0.15) is 6.61 Å². The van der Waals surface area contributed by atoms with Crippen molar-refractivity contribution in [3.05, 3.63) is 0 Å². The van der Waals surface area contributed by atoms with E-state index in [9.17, 15) is 18.4 Å². The summed E-state index contributed by atoms with van der Waals surface area (Å²) >= 11 is 0. The third-order valence-electron chi connectivity index (χ3n) is 2.27. The third kappa shape index (κ3) is 9.95. The zero-order valence-corrected chi connectivity index (χ0v) is 10.3. The smallest absolute Gasteiger partial charge is 0.306 e. The SMILES string of the molecule is CC(CCCNC(=O)CCOCC(F)F)C(=O)O. The average molecular weight is 267 g/mol. The Hall–Kier alpha value is -1.24. The molecule has 0 aliphatic carbocycles. The third-order valence-corrected chi connectivity index (χ3v) is 2.27. The molecule has 5 nitrogen and oxygen atoms in total. The quantitative estimate of drug-likeness (QED) is 0.585. The second-order valence-electron chi connectivity index (χ2n) is 3.95. The molecule has 0 spiro atoms. The fourth-order valence-corrected chi connectivity index (χ4v) is 1.19. The molecular formula is C11H19F2NO4. The summed E-state index contributed by atoms with van der Waals surface area (Å²) in [5.41, 5.74) is 0. The van der Waals surface area contributed by atoms with E-state index in [1.165, 1.54) is 0 Å². The molecular weight excluding hydrogens is 248 g/mol. The number of aliphatic carboxylic acids is 1. The minimum Gasteiger partial charge on any atom is -0.481 e. The van der Waals surface area contributed by atoms with E-state index in [1.54, 1.807) is 6.92 Å². The van der Waals surface area contributed by atoms with E-state index in [-0.39, 0.29) is 18.9 Å². The normalized spacial score (nSPS) is 12.4. The number of hydrogen-bond donors (Lipinski definition) is 2. The van der Waals surface area contributed by atoms with Crippen molar-refractivity contribution in [2.75, 3.05) is 19.8 Å². The molecule has 0 fully saturated rings. The van der Waals surface area contributed by atoms with Crippen LogP contribution in [0.2, 0.25) is 0 Å². The Labute approximate surface area is 105 Å². The summed E-state index contributed by atoms with van der Waals surface area (Å²) in [6.07, 6.45) is -1.44. The maximum Gasteiger partial charge on any atom is 0.306 e. The van der Waals surface area contributed by atoms with Crippen LogP contribution >= 0.6 is 0 Å². The number of ether oxygens (including phenoxy) is 1. The van der Waals surface area contributed by atoms with Crippen LogP contribution in [0.15, 0.2) is 0 Å². The number of amides is 1. The molecule has 7 heteroatoms. The molecule has 1 unspecified atom stereocenters. The number of carbonyl (C=O) groups excluding carboxylic acids is 1. The molecule has 0 saturated carbocycles. The van der Waals surface area contributed by atoms with Crippen molar-refractivity contribution in [1.29, 1.82) is 0 Å². The molecule has 0 aromatic rings. The zero-order chi connectivity index (χ0) is 14.0. The van der Waals surface area contributed by atoms with Gasteiger partial charge in [-0.05, 0) is 12.8 Å². The van der Waals surface area contributed by atoms with Crippen molar-refractivity contribution in [2.45, 2.75) is 32.6 Å². The summed E-state index contributed by atoms with van der Waals surface area (Å²) in [7, 11) is 0. The van der Waals surface area contributed by atoms with Gasteiger partial charge in [-0.25, -0.2) is 8.78 Å². The molecule has 1 amide bonds. The number of halogens is 2. The van der Waals surface area contributed by atoms with E-state index in [1.807, 2.05) is 0 Å². The fraction of sp³-hybridized carbons (Fsp3) is 0.818. The van der Waals surface area contributed by atoms with Crippen LogP contribution in [0.3, 0.4) is 0 Å². The first-order valence-electron chi connectivity index (χ1n) is 5.79. The largest absolute Gasteiger partial charge is 0.481 e. The van der Waals surface area contributed by atoms with E-state index in [2.05, 4.69) is 10.1 Å². The molecule has 106 valence electrons. The second-order valence-corrected chi connectivity index (χ2v) is 3.95. The summed E-state index contributed by atoms with van der Waals surface area (Å²) in [5.74, 6) is -1.58. The highest BCUT2D eigenvalue weighted by Gasteiger charge is 2.10. The van der Waals surface area contributed by atoms with Crippen LogP contribution < -0.4 is 5.32 Å². The van der Waals surface area contributed by atoms with Gasteiger partial charge < -0.3 is 15.2 Å². The molecule has 1 atom stereocenters. The molecule has 18 heavy (non-hydrogen) atoms. The second kappa shape index (κ2) is 9.76. The molecule has 0 aromatic heterocycles. The first-order valence-corrected chi connectivity index (χ1v) is 5.79. The van der Waals surface area contributed by atoms with Crippen LogP contribution in [0.4, 0.5) is 8.78 Å². The first-order chi connectivity index (χ1) is 8.43. The molecule has 0 aliphatic heterocycles. The van der Waals surface area contributed by atoms with Gasteiger partial charge >= 0.3 is 5.97 Å². The number of carboxylic acid groups (broad SMARTS) is 1. The molecule has 0 aliphatic rings. The topological polar surface area (TPSA) is 75.6 Å². The van der Waals surface area contributed by atoms with E-state index < -0.39 is 24.9 Å². The Bertz CT molecular complexity index is 261. The van der Waals surface area contributed by atoms with E-state index >= 15 is 0 Å². The summed E-state index contributed by atoms with van der Waals surface area (Å²) in [6, 6.07) is 0. The van der Waals surface area contributed by atoms with Gasteiger partial charge in [-0.15, -0.1) is 0 Å². The summed E-state index contributed by atoms with van der Waals surface area (Å²) in [6.45, 7) is 1.28. The predicted octanol–water partition coefficient (Wildman–Crippen LogP) is 1.28. The number of carboxylic acids is 1. The van der Waals surface area contributed by atoms with Gasteiger partial charge in [-0.3, -0.25) is 9.59 Å². The van der Waals surface area contributed by atoms with E-state index in [0.29, 0.717) is 19.4 Å². The van der Waals surface area contributed by atoms with Gasteiger partial charge in [-0.2, -0.15) is 0 Å². The number of nitrogens with one attached hydrogen (secondary N) is 1. The van der Waals surface area contributed by atoms with Gasteiger partial charge in [0.05, 0.1) is 12.5 Å². The van der Waals surface area contributed by atoms with Gasteiger partial charge in [0.2, 0.25) is 5.91 Å². The Kier molecular flexibility index (Phi) is 9.08. The fourth-order valence-electron chi connectivity index (χ4n) is 1.19. The van der Waals surface area contributed by atoms with Crippen molar-refractivity contribution in [3.8, 4) is 0 Å². The van der Waals surface area contributed by atoms with E-state index in [0.717, 1.165) is 0 Å². The Morgan fingerprint density at radius 1 is 1.39 bits per heavy atom. The highest BCUT2D eigenvalue weighted by Crippen LogP contribution is 2.04. The summed E-state index contributed by atoms with van der Waals surface area (Å²) in [5, 5.41) is 11.2.